The van der Waals surface area contributed by atoms with Crippen LogP contribution in [0.1, 0.15) is 46.0 Å². The Kier molecular flexibility index (Phi) is 4.10. The number of rotatable bonds is 3. The number of aliphatic carboxylic acids is 1. The van der Waals surface area contributed by atoms with Crippen LogP contribution in [0.15, 0.2) is 12.2 Å². The molecule has 2 atom stereocenters. The topological polar surface area (TPSA) is 40.5 Å². The number of piperidine rings is 1. The SMILES string of the molecule is CC(C)(C(=O)O)C1CCCN(C2C=CCCC2)C1. The lowest BCUT2D eigenvalue weighted by Crippen LogP contribution is -2.48. The first kappa shape index (κ1) is 13.6. The molecule has 1 saturated heterocycles. The van der Waals surface area contributed by atoms with Gasteiger partial charge in [0.05, 0.1) is 5.41 Å². The molecule has 102 valence electrons. The van der Waals surface area contributed by atoms with Gasteiger partial charge in [-0.15, -0.1) is 0 Å². The number of carboxylic acids is 1. The fourth-order valence-electron chi connectivity index (χ4n) is 3.17. The van der Waals surface area contributed by atoms with E-state index in [4.69, 9.17) is 0 Å². The van der Waals surface area contributed by atoms with Gasteiger partial charge in [0.2, 0.25) is 0 Å². The second kappa shape index (κ2) is 5.43. The van der Waals surface area contributed by atoms with Gasteiger partial charge in [-0.1, -0.05) is 12.2 Å². The number of likely N-dealkylation sites (tertiary alicyclic amines) is 1. The van der Waals surface area contributed by atoms with Crippen LogP contribution in [0.4, 0.5) is 0 Å². The van der Waals surface area contributed by atoms with Gasteiger partial charge < -0.3 is 5.11 Å². The number of nitrogens with zero attached hydrogens (tertiary/aromatic N) is 1. The van der Waals surface area contributed by atoms with Gasteiger partial charge in [-0.2, -0.15) is 0 Å². The van der Waals surface area contributed by atoms with Crippen molar-refractivity contribution in [3.8, 4) is 0 Å². The number of allylic oxidation sites excluding steroid dienone is 1. The molecule has 0 radical (unpaired) electrons. The predicted octanol–water partition coefficient (Wildman–Crippen LogP) is 2.92. The third-order valence-electron chi connectivity index (χ3n) is 4.72. The zero-order chi connectivity index (χ0) is 13.2. The van der Waals surface area contributed by atoms with Gasteiger partial charge in [0.1, 0.15) is 0 Å². The minimum atomic E-state index is -0.659. The molecule has 0 aromatic rings. The lowest BCUT2D eigenvalue weighted by molar-refractivity contribution is -0.151. The van der Waals surface area contributed by atoms with Crippen molar-refractivity contribution in [1.29, 1.82) is 0 Å². The van der Waals surface area contributed by atoms with Crippen LogP contribution in [0, 0.1) is 11.3 Å². The zero-order valence-corrected chi connectivity index (χ0v) is 11.6. The average molecular weight is 251 g/mol. The number of hydrogen-bond acceptors (Lipinski definition) is 2. The van der Waals surface area contributed by atoms with E-state index in [1.54, 1.807) is 0 Å². The van der Waals surface area contributed by atoms with Crippen molar-refractivity contribution in [2.24, 2.45) is 11.3 Å². The van der Waals surface area contributed by atoms with E-state index in [1.807, 2.05) is 13.8 Å². The smallest absolute Gasteiger partial charge is 0.309 e. The molecule has 3 heteroatoms. The Bertz CT molecular complexity index is 335. The van der Waals surface area contributed by atoms with E-state index in [-0.39, 0.29) is 5.92 Å². The molecule has 2 rings (SSSR count). The van der Waals surface area contributed by atoms with Crippen LogP contribution in [-0.2, 0) is 4.79 Å². The first-order valence-electron chi connectivity index (χ1n) is 7.16. The third-order valence-corrected chi connectivity index (χ3v) is 4.72. The Hall–Kier alpha value is -0.830. The highest BCUT2D eigenvalue weighted by molar-refractivity contribution is 5.74. The molecule has 0 saturated carbocycles. The summed E-state index contributed by atoms with van der Waals surface area (Å²) in [5.74, 6) is -0.382. The standard InChI is InChI=1S/C15H25NO2/c1-15(2,14(17)18)12-7-6-10-16(11-12)13-8-4-3-5-9-13/h4,8,12-13H,3,5-7,9-11H2,1-2H3,(H,17,18). The van der Waals surface area contributed by atoms with Gasteiger partial charge in [0.15, 0.2) is 0 Å². The molecular weight excluding hydrogens is 226 g/mol. The predicted molar refractivity (Wildman–Crippen MR) is 72.5 cm³/mol. The largest absolute Gasteiger partial charge is 0.481 e. The number of carboxylic acid groups (broad SMARTS) is 1. The summed E-state index contributed by atoms with van der Waals surface area (Å²) < 4.78 is 0. The zero-order valence-electron chi connectivity index (χ0n) is 11.6. The molecule has 2 aliphatic rings. The molecule has 1 aliphatic heterocycles. The normalized spacial score (nSPS) is 30.3. The van der Waals surface area contributed by atoms with Crippen molar-refractivity contribution >= 4 is 5.97 Å². The molecule has 0 aromatic carbocycles. The summed E-state index contributed by atoms with van der Waals surface area (Å²) in [4.78, 5) is 13.9. The first-order chi connectivity index (χ1) is 8.51. The minimum absolute atomic E-state index is 0.277. The van der Waals surface area contributed by atoms with Gasteiger partial charge >= 0.3 is 5.97 Å². The van der Waals surface area contributed by atoms with Crippen LogP contribution < -0.4 is 0 Å². The van der Waals surface area contributed by atoms with E-state index in [2.05, 4.69) is 17.1 Å². The van der Waals surface area contributed by atoms with Crippen molar-refractivity contribution in [3.63, 3.8) is 0 Å². The lowest BCUT2D eigenvalue weighted by Gasteiger charge is -2.42. The summed E-state index contributed by atoms with van der Waals surface area (Å²) in [6.07, 6.45) is 10.5. The highest BCUT2D eigenvalue weighted by atomic mass is 16.4. The van der Waals surface area contributed by atoms with Crippen LogP contribution >= 0.6 is 0 Å². The van der Waals surface area contributed by atoms with E-state index in [1.165, 1.54) is 19.3 Å². The van der Waals surface area contributed by atoms with Crippen LogP contribution in [0.5, 0.6) is 0 Å². The second-order valence-corrected chi connectivity index (χ2v) is 6.29. The molecule has 1 aliphatic carbocycles. The molecule has 2 unspecified atom stereocenters. The van der Waals surface area contributed by atoms with Crippen molar-refractivity contribution in [2.75, 3.05) is 13.1 Å². The van der Waals surface area contributed by atoms with E-state index in [0.717, 1.165) is 25.9 Å². The molecule has 0 aromatic heterocycles. The van der Waals surface area contributed by atoms with E-state index < -0.39 is 11.4 Å². The summed E-state index contributed by atoms with van der Waals surface area (Å²) in [6, 6.07) is 0.547. The maximum atomic E-state index is 11.4. The fourth-order valence-corrected chi connectivity index (χ4v) is 3.17. The van der Waals surface area contributed by atoms with Gasteiger partial charge in [-0.25, -0.2) is 0 Å². The maximum Gasteiger partial charge on any atom is 0.309 e. The van der Waals surface area contributed by atoms with Gasteiger partial charge in [0.25, 0.3) is 0 Å². The Labute approximate surface area is 110 Å². The quantitative estimate of drug-likeness (QED) is 0.784. The van der Waals surface area contributed by atoms with E-state index in [9.17, 15) is 9.90 Å². The molecule has 1 N–H and O–H groups in total. The van der Waals surface area contributed by atoms with Gasteiger partial charge in [-0.05, 0) is 58.4 Å². The van der Waals surface area contributed by atoms with E-state index in [0.29, 0.717) is 6.04 Å². The Morgan fingerprint density at radius 1 is 1.33 bits per heavy atom. The molecule has 18 heavy (non-hydrogen) atoms. The van der Waals surface area contributed by atoms with E-state index >= 15 is 0 Å². The molecular formula is C15H25NO2. The number of carbonyl (C=O) groups is 1. The lowest BCUT2D eigenvalue weighted by atomic mass is 9.74. The Balaban J connectivity index is 2.02. The fraction of sp³-hybridized carbons (Fsp3) is 0.800. The first-order valence-corrected chi connectivity index (χ1v) is 7.16. The summed E-state index contributed by atoms with van der Waals surface area (Å²) >= 11 is 0. The summed E-state index contributed by atoms with van der Waals surface area (Å²) in [5.41, 5.74) is -0.600. The third kappa shape index (κ3) is 2.77. The van der Waals surface area contributed by atoms with Crippen LogP contribution in [0.2, 0.25) is 0 Å². The molecule has 1 heterocycles. The van der Waals surface area contributed by atoms with Crippen LogP contribution in [-0.4, -0.2) is 35.1 Å². The summed E-state index contributed by atoms with van der Waals surface area (Å²) in [5, 5.41) is 9.36. The highest BCUT2D eigenvalue weighted by Gasteiger charge is 2.39. The van der Waals surface area contributed by atoms with Gasteiger partial charge in [0, 0.05) is 12.6 Å². The Morgan fingerprint density at radius 3 is 2.72 bits per heavy atom. The van der Waals surface area contributed by atoms with Crippen LogP contribution in [0.3, 0.4) is 0 Å². The molecule has 0 amide bonds. The minimum Gasteiger partial charge on any atom is -0.481 e. The molecule has 1 fully saturated rings. The second-order valence-electron chi connectivity index (χ2n) is 6.29. The molecule has 3 nitrogen and oxygen atoms in total. The van der Waals surface area contributed by atoms with Gasteiger partial charge in [-0.3, -0.25) is 9.69 Å². The average Bonchev–Trinajstić information content (AvgIpc) is 2.40. The van der Waals surface area contributed by atoms with Crippen molar-refractivity contribution in [1.82, 2.24) is 4.90 Å². The number of hydrogen-bond donors (Lipinski definition) is 1. The summed E-state index contributed by atoms with van der Waals surface area (Å²) in [6.45, 7) is 5.82. The maximum absolute atomic E-state index is 11.4. The van der Waals surface area contributed by atoms with Crippen molar-refractivity contribution < 1.29 is 9.90 Å². The summed E-state index contributed by atoms with van der Waals surface area (Å²) in [7, 11) is 0. The van der Waals surface area contributed by atoms with Crippen molar-refractivity contribution in [3.05, 3.63) is 12.2 Å². The molecule has 0 bridgehead atoms. The highest BCUT2D eigenvalue weighted by Crippen LogP contribution is 2.35. The monoisotopic (exact) mass is 251 g/mol. The van der Waals surface area contributed by atoms with Crippen molar-refractivity contribution in [2.45, 2.75) is 52.0 Å². The Morgan fingerprint density at radius 2 is 2.11 bits per heavy atom. The molecule has 0 spiro atoms. The van der Waals surface area contributed by atoms with Crippen LogP contribution in [0.25, 0.3) is 0 Å².